The first-order chi connectivity index (χ1) is 4.93. The molecule has 1 rings (SSSR count). The molecule has 0 nitrogen and oxygen atoms in total. The first kappa shape index (κ1) is 9.09. The Morgan fingerprint density at radius 3 is 2.50 bits per heavy atom. The Bertz CT molecular complexity index is 174. The summed E-state index contributed by atoms with van der Waals surface area (Å²) in [5.41, 5.74) is 1.49. The number of rotatable bonds is 3. The Labute approximate surface area is 88.9 Å². The minimum atomic E-state index is 1.22. The molecule has 0 N–H and O–H groups in total. The van der Waals surface area contributed by atoms with Gasteiger partial charge >= 0.3 is 90.0 Å². The summed E-state index contributed by atoms with van der Waals surface area (Å²) in [4.78, 5) is 0. The van der Waals surface area contributed by atoms with Gasteiger partial charge in [0.25, 0.3) is 0 Å². The summed E-state index contributed by atoms with van der Waals surface area (Å²) in [6, 6.07) is 10.7. The van der Waals surface area contributed by atoms with E-state index in [2.05, 4.69) is 30.3 Å². The van der Waals surface area contributed by atoms with Crippen molar-refractivity contribution in [3.63, 3.8) is 0 Å². The van der Waals surface area contributed by atoms with Gasteiger partial charge in [0.15, 0.2) is 0 Å². The van der Waals surface area contributed by atoms with Gasteiger partial charge in [0, 0.05) is 0 Å². The van der Waals surface area contributed by atoms with Crippen LogP contribution in [0, 0.1) is 38.0 Å². The van der Waals surface area contributed by atoms with Crippen LogP contribution in [0.4, 0.5) is 0 Å². The van der Waals surface area contributed by atoms with E-state index in [9.17, 15) is 0 Å². The van der Waals surface area contributed by atoms with Crippen LogP contribution in [0.5, 0.6) is 0 Å². The van der Waals surface area contributed by atoms with Gasteiger partial charge in [-0.3, -0.25) is 0 Å². The van der Waals surface area contributed by atoms with E-state index in [1.54, 1.807) is 0 Å². The Kier molecular flexibility index (Phi) is 5.11. The fourth-order valence-electron chi connectivity index (χ4n) is 0.852. The standard InChI is InChI=1S/C8H10P.Nd/c9-7-6-8-4-2-1-3-5-8;/h1-5,9H,6-7H2;/q-1;+1. The second-order valence-corrected chi connectivity index (χ2v) is 6.42. The van der Waals surface area contributed by atoms with E-state index in [0.29, 0.717) is 0 Å². The zero-order chi connectivity index (χ0) is 7.23. The van der Waals surface area contributed by atoms with E-state index >= 15 is 0 Å². The van der Waals surface area contributed by atoms with Crippen molar-refractivity contribution < 1.29 is 38.0 Å². The molecule has 0 aliphatic carbocycles. The third-order valence-electron chi connectivity index (χ3n) is 1.38. The number of benzene rings is 1. The summed E-state index contributed by atoms with van der Waals surface area (Å²) >= 11 is 1.38. The quantitative estimate of drug-likeness (QED) is 0.746. The number of hydrogen-bond donors (Lipinski definition) is 0. The molecule has 51 valence electrons. The summed E-state index contributed by atoms with van der Waals surface area (Å²) in [6.45, 7) is 0. The molecule has 0 fully saturated rings. The first-order valence-corrected chi connectivity index (χ1v) is 9.39. The summed E-state index contributed by atoms with van der Waals surface area (Å²) in [5, 5.41) is 0. The summed E-state index contributed by atoms with van der Waals surface area (Å²) in [6.07, 6.45) is 2.68. The van der Waals surface area contributed by atoms with E-state index in [-0.39, 0.29) is 0 Å². The van der Waals surface area contributed by atoms with Crippen LogP contribution in [0.1, 0.15) is 5.56 Å². The number of hydrogen-bond acceptors (Lipinski definition) is 0. The van der Waals surface area contributed by atoms with Crippen LogP contribution in [0.3, 0.4) is 0 Å². The van der Waals surface area contributed by atoms with Crippen molar-refractivity contribution in [3.05, 3.63) is 35.9 Å². The molecule has 1 aromatic carbocycles. The van der Waals surface area contributed by atoms with Crippen LogP contribution >= 0.6 is 3.47 Å². The van der Waals surface area contributed by atoms with Gasteiger partial charge in [-0.2, -0.15) is 0 Å². The SMILES string of the molecule is [Nd][PH]CCc1ccccc1. The van der Waals surface area contributed by atoms with Crippen molar-refractivity contribution in [1.29, 1.82) is 0 Å². The van der Waals surface area contributed by atoms with Crippen molar-refractivity contribution in [1.82, 2.24) is 0 Å². The van der Waals surface area contributed by atoms with Crippen molar-refractivity contribution >= 4 is 3.47 Å². The summed E-state index contributed by atoms with van der Waals surface area (Å²) in [5.74, 6) is 0. The molecule has 0 heterocycles. The normalized spacial score (nSPS) is 10.7. The van der Waals surface area contributed by atoms with Crippen molar-refractivity contribution in [3.8, 4) is 0 Å². The van der Waals surface area contributed by atoms with E-state index < -0.39 is 0 Å². The molecule has 0 bridgehead atoms. The van der Waals surface area contributed by atoms with Gasteiger partial charge in [-0.15, -0.1) is 0 Å². The summed E-state index contributed by atoms with van der Waals surface area (Å²) < 4.78 is 1.22. The zero-order valence-corrected chi connectivity index (χ0v) is 10.0. The molecule has 0 radical (unpaired) electrons. The fourth-order valence-corrected chi connectivity index (χ4v) is 2.47. The summed E-state index contributed by atoms with van der Waals surface area (Å²) in [7, 11) is 0. The Hall–Kier alpha value is 1.00. The van der Waals surface area contributed by atoms with Crippen LogP contribution < -0.4 is 0 Å². The Balaban J connectivity index is 2.43. The van der Waals surface area contributed by atoms with Gasteiger partial charge in [0.2, 0.25) is 0 Å². The maximum atomic E-state index is 2.21. The monoisotopic (exact) mass is 279 g/mol. The van der Waals surface area contributed by atoms with Crippen LogP contribution in [-0.2, 0) is 6.42 Å². The van der Waals surface area contributed by atoms with Crippen molar-refractivity contribution in [2.75, 3.05) is 6.16 Å². The molecule has 0 aliphatic heterocycles. The molecule has 0 amide bonds. The van der Waals surface area contributed by atoms with Gasteiger partial charge in [-0.05, 0) is 0 Å². The minimum absolute atomic E-state index is 1.22. The molecular weight excluding hydrogens is 271 g/mol. The molecule has 1 unspecified atom stereocenters. The van der Waals surface area contributed by atoms with Gasteiger partial charge in [-0.1, -0.05) is 0 Å². The van der Waals surface area contributed by atoms with Crippen LogP contribution in [0.15, 0.2) is 30.3 Å². The van der Waals surface area contributed by atoms with Gasteiger partial charge < -0.3 is 0 Å². The van der Waals surface area contributed by atoms with Gasteiger partial charge in [0.1, 0.15) is 0 Å². The second-order valence-electron chi connectivity index (χ2n) is 2.16. The van der Waals surface area contributed by atoms with E-state index in [1.165, 1.54) is 59.6 Å². The third kappa shape index (κ3) is 3.41. The fraction of sp³-hybridized carbons (Fsp3) is 0.250. The van der Waals surface area contributed by atoms with Crippen molar-refractivity contribution in [2.24, 2.45) is 0 Å². The number of aryl methyl sites for hydroxylation is 1. The first-order valence-electron chi connectivity index (χ1n) is 3.37. The Morgan fingerprint density at radius 2 is 1.90 bits per heavy atom. The third-order valence-corrected chi connectivity index (χ3v) is 4.29. The zero-order valence-electron chi connectivity index (χ0n) is 5.80. The average Bonchev–Trinajstić information content (AvgIpc) is 2.03. The average molecular weight is 281 g/mol. The van der Waals surface area contributed by atoms with Crippen molar-refractivity contribution in [2.45, 2.75) is 6.42 Å². The molecule has 1 atom stereocenters. The molecule has 10 heavy (non-hydrogen) atoms. The second kappa shape index (κ2) is 5.63. The molecule has 0 aromatic heterocycles. The van der Waals surface area contributed by atoms with Crippen LogP contribution in [0.25, 0.3) is 0 Å². The molecule has 2 heteroatoms. The van der Waals surface area contributed by atoms with E-state index in [0.717, 1.165) is 0 Å². The van der Waals surface area contributed by atoms with Crippen LogP contribution in [0.2, 0.25) is 0 Å². The molecule has 0 saturated carbocycles. The predicted octanol–water partition coefficient (Wildman–Crippen LogP) is 2.37. The maximum absolute atomic E-state index is 2.21. The molecule has 0 saturated heterocycles. The molecule has 1 aromatic rings. The van der Waals surface area contributed by atoms with Crippen LogP contribution in [-0.4, -0.2) is 6.16 Å². The molecular formula is C8H10NdP. The van der Waals surface area contributed by atoms with E-state index in [4.69, 9.17) is 0 Å². The van der Waals surface area contributed by atoms with Gasteiger partial charge in [0.05, 0.1) is 0 Å². The topological polar surface area (TPSA) is 0 Å². The van der Waals surface area contributed by atoms with E-state index in [1.807, 2.05) is 0 Å². The predicted molar refractivity (Wildman–Crippen MR) is 43.3 cm³/mol. The molecule has 0 spiro atoms. The molecule has 0 aliphatic rings. The Morgan fingerprint density at radius 1 is 1.20 bits per heavy atom. The van der Waals surface area contributed by atoms with Gasteiger partial charge in [-0.25, -0.2) is 0 Å².